The molecule has 2 aromatic carbocycles. The molecule has 4 rings (SSSR count). The van der Waals surface area contributed by atoms with E-state index >= 15 is 0 Å². The molecule has 5 nitrogen and oxygen atoms in total. The van der Waals surface area contributed by atoms with Crippen molar-refractivity contribution < 1.29 is 9.90 Å². The fourth-order valence-electron chi connectivity index (χ4n) is 3.07. The minimum absolute atomic E-state index is 0.00770. The summed E-state index contributed by atoms with van der Waals surface area (Å²) in [6, 6.07) is 17.5. The smallest absolute Gasteiger partial charge is 0.337 e. The van der Waals surface area contributed by atoms with Crippen LogP contribution in [0.3, 0.4) is 0 Å². The van der Waals surface area contributed by atoms with Gasteiger partial charge in [-0.2, -0.15) is 0 Å². The van der Waals surface area contributed by atoms with Crippen LogP contribution in [0.5, 0.6) is 0 Å². The molecule has 0 atom stereocenters. The highest BCUT2D eigenvalue weighted by atomic mass is 79.9. The first-order valence-electron chi connectivity index (χ1n) is 8.55. The number of aromatic carboxylic acids is 1. The summed E-state index contributed by atoms with van der Waals surface area (Å²) in [5.74, 6) is -0.499. The summed E-state index contributed by atoms with van der Waals surface area (Å²) in [5, 5.41) is 11.1. The third kappa shape index (κ3) is 3.63. The molecule has 28 heavy (non-hydrogen) atoms. The highest BCUT2D eigenvalue weighted by molar-refractivity contribution is 9.10. The number of fused-ring (bicyclic) bond motifs is 1. The Morgan fingerprint density at radius 2 is 1.79 bits per heavy atom. The summed E-state index contributed by atoms with van der Waals surface area (Å²) in [6.07, 6.45) is 0.489. The second-order valence-electron chi connectivity index (χ2n) is 6.34. The third-order valence-electron chi connectivity index (χ3n) is 4.46. The van der Waals surface area contributed by atoms with Crippen LogP contribution in [0.4, 0.5) is 0 Å². The Bertz CT molecular complexity index is 1210. The molecule has 0 saturated heterocycles. The van der Waals surface area contributed by atoms with E-state index in [2.05, 4.69) is 20.9 Å². The van der Waals surface area contributed by atoms with Crippen LogP contribution in [0.1, 0.15) is 27.3 Å². The predicted octanol–water partition coefficient (Wildman–Crippen LogP) is 4.56. The maximum Gasteiger partial charge on any atom is 0.337 e. The Morgan fingerprint density at radius 3 is 2.46 bits per heavy atom. The molecule has 7 heteroatoms. The number of benzene rings is 2. The quantitative estimate of drug-likeness (QED) is 0.479. The molecule has 0 aliphatic rings. The number of halogens is 1. The van der Waals surface area contributed by atoms with Gasteiger partial charge in [0.05, 0.1) is 17.5 Å². The minimum atomic E-state index is -1.11. The van der Waals surface area contributed by atoms with E-state index in [0.717, 1.165) is 15.6 Å². The van der Waals surface area contributed by atoms with E-state index in [9.17, 15) is 14.7 Å². The zero-order chi connectivity index (χ0) is 19.7. The lowest BCUT2D eigenvalue weighted by atomic mass is 10.1. The lowest BCUT2D eigenvalue weighted by molar-refractivity contribution is 0.0699. The molecule has 0 bridgehead atoms. The second-order valence-corrected chi connectivity index (χ2v) is 8.12. The molecule has 0 amide bonds. The first-order chi connectivity index (χ1) is 13.5. The van der Waals surface area contributed by atoms with Gasteiger partial charge in [0.25, 0.3) is 5.56 Å². The SMILES string of the molecule is O=C(O)c1csc2nc(Cc3ccccc3)n(Cc3ccc(Br)cc3)c(=O)c12. The number of aromatic nitrogens is 2. The van der Waals surface area contributed by atoms with Gasteiger partial charge in [-0.15, -0.1) is 11.3 Å². The number of carbonyl (C=O) groups is 1. The molecule has 4 aromatic rings. The van der Waals surface area contributed by atoms with Crippen molar-refractivity contribution >= 4 is 43.5 Å². The Kier molecular flexibility index (Phi) is 5.11. The van der Waals surface area contributed by atoms with E-state index in [4.69, 9.17) is 0 Å². The predicted molar refractivity (Wildman–Crippen MR) is 113 cm³/mol. The molecule has 2 aromatic heterocycles. The maximum atomic E-state index is 13.3. The van der Waals surface area contributed by atoms with Crippen LogP contribution in [0, 0.1) is 0 Å². The Balaban J connectivity index is 1.89. The maximum absolute atomic E-state index is 13.3. The lowest BCUT2D eigenvalue weighted by Crippen LogP contribution is -2.26. The molecule has 0 aliphatic heterocycles. The van der Waals surface area contributed by atoms with E-state index in [0.29, 0.717) is 23.6 Å². The van der Waals surface area contributed by atoms with Crippen LogP contribution in [0.2, 0.25) is 0 Å². The summed E-state index contributed by atoms with van der Waals surface area (Å²) < 4.78 is 2.53. The van der Waals surface area contributed by atoms with Crippen molar-refractivity contribution in [2.75, 3.05) is 0 Å². The van der Waals surface area contributed by atoms with Crippen molar-refractivity contribution in [1.29, 1.82) is 0 Å². The van der Waals surface area contributed by atoms with E-state index in [-0.39, 0.29) is 16.5 Å². The topological polar surface area (TPSA) is 72.2 Å². The van der Waals surface area contributed by atoms with Crippen molar-refractivity contribution in [2.45, 2.75) is 13.0 Å². The Morgan fingerprint density at radius 1 is 1.07 bits per heavy atom. The molecule has 0 radical (unpaired) electrons. The van der Waals surface area contributed by atoms with E-state index in [1.165, 1.54) is 16.7 Å². The molecule has 0 unspecified atom stereocenters. The number of hydrogen-bond donors (Lipinski definition) is 1. The van der Waals surface area contributed by atoms with Crippen molar-refractivity contribution in [1.82, 2.24) is 9.55 Å². The van der Waals surface area contributed by atoms with Gasteiger partial charge in [-0.05, 0) is 23.3 Å². The zero-order valence-corrected chi connectivity index (χ0v) is 17.0. The van der Waals surface area contributed by atoms with Gasteiger partial charge in [0.2, 0.25) is 0 Å². The normalized spacial score (nSPS) is 11.0. The van der Waals surface area contributed by atoms with Gasteiger partial charge in [0.15, 0.2) is 0 Å². The molecule has 140 valence electrons. The Hall–Kier alpha value is -2.77. The van der Waals surface area contributed by atoms with Crippen molar-refractivity contribution in [2.24, 2.45) is 0 Å². The molecule has 0 aliphatic carbocycles. The first kappa shape index (κ1) is 18.6. The molecular formula is C21H15BrN2O3S. The molecule has 0 fully saturated rings. The second kappa shape index (κ2) is 7.69. The monoisotopic (exact) mass is 454 g/mol. The summed E-state index contributed by atoms with van der Waals surface area (Å²) in [4.78, 5) is 29.9. The van der Waals surface area contributed by atoms with E-state index in [1.54, 1.807) is 4.57 Å². The average Bonchev–Trinajstić information content (AvgIpc) is 3.11. The molecular weight excluding hydrogens is 440 g/mol. The number of hydrogen-bond acceptors (Lipinski definition) is 4. The Labute approximate surface area is 173 Å². The number of nitrogens with zero attached hydrogens (tertiary/aromatic N) is 2. The van der Waals surface area contributed by atoms with Crippen molar-refractivity contribution in [3.8, 4) is 0 Å². The van der Waals surface area contributed by atoms with Crippen LogP contribution >= 0.6 is 27.3 Å². The fourth-order valence-corrected chi connectivity index (χ4v) is 4.26. The average molecular weight is 455 g/mol. The number of thiophene rings is 1. The highest BCUT2D eigenvalue weighted by Gasteiger charge is 2.20. The number of carboxylic acids is 1. The highest BCUT2D eigenvalue weighted by Crippen LogP contribution is 2.23. The standard InChI is InChI=1S/C21H15BrN2O3S/c22-15-8-6-14(7-9-15)11-24-17(10-13-4-2-1-3-5-13)23-19-18(20(24)25)16(12-28-19)21(26)27/h1-9,12H,10-11H2,(H,26,27). The van der Waals surface area contributed by atoms with Gasteiger partial charge in [-0.25, -0.2) is 9.78 Å². The van der Waals surface area contributed by atoms with E-state index in [1.807, 2.05) is 54.6 Å². The van der Waals surface area contributed by atoms with Crippen LogP contribution < -0.4 is 5.56 Å². The van der Waals surface area contributed by atoms with Gasteiger partial charge in [0.1, 0.15) is 10.7 Å². The summed E-state index contributed by atoms with van der Waals surface area (Å²) in [6.45, 7) is 0.326. The van der Waals surface area contributed by atoms with Gasteiger partial charge in [0, 0.05) is 16.3 Å². The summed E-state index contributed by atoms with van der Waals surface area (Å²) in [7, 11) is 0. The zero-order valence-electron chi connectivity index (χ0n) is 14.6. The fraction of sp³-hybridized carbons (Fsp3) is 0.0952. The summed E-state index contributed by atoms with van der Waals surface area (Å²) >= 11 is 4.60. The van der Waals surface area contributed by atoms with Crippen molar-refractivity contribution in [3.05, 3.63) is 97.3 Å². The van der Waals surface area contributed by atoms with Gasteiger partial charge in [-0.3, -0.25) is 9.36 Å². The molecule has 0 saturated carbocycles. The minimum Gasteiger partial charge on any atom is -0.478 e. The van der Waals surface area contributed by atoms with Crippen molar-refractivity contribution in [3.63, 3.8) is 0 Å². The number of carboxylic acid groups (broad SMARTS) is 1. The van der Waals surface area contributed by atoms with Crippen LogP contribution in [-0.4, -0.2) is 20.6 Å². The van der Waals surface area contributed by atoms with Gasteiger partial charge in [-0.1, -0.05) is 58.4 Å². The van der Waals surface area contributed by atoms with Crippen LogP contribution in [0.25, 0.3) is 10.2 Å². The molecule has 0 spiro atoms. The van der Waals surface area contributed by atoms with Crippen LogP contribution in [0.15, 0.2) is 69.2 Å². The lowest BCUT2D eigenvalue weighted by Gasteiger charge is -2.13. The van der Waals surface area contributed by atoms with E-state index < -0.39 is 5.97 Å². The van der Waals surface area contributed by atoms with Gasteiger partial charge < -0.3 is 5.11 Å². The summed E-state index contributed by atoms with van der Waals surface area (Å²) in [5.41, 5.74) is 1.66. The third-order valence-corrected chi connectivity index (χ3v) is 5.86. The van der Waals surface area contributed by atoms with Gasteiger partial charge >= 0.3 is 5.97 Å². The molecule has 1 N–H and O–H groups in total. The van der Waals surface area contributed by atoms with Crippen LogP contribution in [-0.2, 0) is 13.0 Å². The first-order valence-corrected chi connectivity index (χ1v) is 10.2. The number of rotatable bonds is 5. The molecule has 2 heterocycles. The largest absolute Gasteiger partial charge is 0.478 e.